The zero-order valence-electron chi connectivity index (χ0n) is 10.4. The quantitative estimate of drug-likeness (QED) is 0.780. The van der Waals surface area contributed by atoms with Crippen LogP contribution >= 0.6 is 0 Å². The lowest BCUT2D eigenvalue weighted by molar-refractivity contribution is -0.128. The molecule has 7 heteroatoms. The van der Waals surface area contributed by atoms with Crippen LogP contribution in [0.5, 0.6) is 0 Å². The normalized spacial score (nSPS) is 18.8. The molecule has 0 aliphatic carbocycles. The van der Waals surface area contributed by atoms with Crippen LogP contribution in [0.3, 0.4) is 0 Å². The second kappa shape index (κ2) is 5.13. The van der Waals surface area contributed by atoms with E-state index in [2.05, 4.69) is 5.32 Å². The van der Waals surface area contributed by atoms with Gasteiger partial charge in [-0.25, -0.2) is 9.59 Å². The van der Waals surface area contributed by atoms with Gasteiger partial charge in [0.05, 0.1) is 6.54 Å². The average Bonchev–Trinajstić information content (AvgIpc) is 2.91. The number of carboxylic acids is 1. The van der Waals surface area contributed by atoms with Crippen LogP contribution in [0.25, 0.3) is 0 Å². The fraction of sp³-hybridized carbons (Fsp3) is 0.417. The summed E-state index contributed by atoms with van der Waals surface area (Å²) in [5.41, 5.74) is 0. The molecular formula is C12H14N2O5. The third-order valence-corrected chi connectivity index (χ3v) is 2.87. The Morgan fingerprint density at radius 3 is 2.79 bits per heavy atom. The third-order valence-electron chi connectivity index (χ3n) is 2.87. The molecule has 1 fully saturated rings. The molecule has 1 aliphatic rings. The fourth-order valence-electron chi connectivity index (χ4n) is 1.94. The first-order valence-electron chi connectivity index (χ1n) is 5.96. The van der Waals surface area contributed by atoms with Crippen molar-refractivity contribution in [1.29, 1.82) is 0 Å². The summed E-state index contributed by atoms with van der Waals surface area (Å²) >= 11 is 0. The lowest BCUT2D eigenvalue weighted by Gasteiger charge is -2.10. The van der Waals surface area contributed by atoms with E-state index >= 15 is 0 Å². The summed E-state index contributed by atoms with van der Waals surface area (Å²) in [5, 5.41) is 11.3. The maximum absolute atomic E-state index is 11.9. The molecule has 1 saturated heterocycles. The van der Waals surface area contributed by atoms with Gasteiger partial charge in [-0.15, -0.1) is 0 Å². The minimum atomic E-state index is -1.19. The van der Waals surface area contributed by atoms with E-state index in [0.29, 0.717) is 6.42 Å². The van der Waals surface area contributed by atoms with E-state index in [9.17, 15) is 14.4 Å². The molecule has 2 rings (SSSR count). The van der Waals surface area contributed by atoms with Crippen molar-refractivity contribution >= 4 is 17.9 Å². The fourth-order valence-corrected chi connectivity index (χ4v) is 1.94. The number of carbonyl (C=O) groups is 3. The summed E-state index contributed by atoms with van der Waals surface area (Å²) in [6, 6.07) is 1.76. The Hall–Kier alpha value is -2.31. The number of amides is 3. The van der Waals surface area contributed by atoms with Gasteiger partial charge in [-0.3, -0.25) is 9.69 Å². The van der Waals surface area contributed by atoms with Crippen LogP contribution < -0.4 is 5.32 Å². The number of hydrogen-bond acceptors (Lipinski definition) is 4. The van der Waals surface area contributed by atoms with Gasteiger partial charge < -0.3 is 14.8 Å². The van der Waals surface area contributed by atoms with Gasteiger partial charge in [-0.2, -0.15) is 0 Å². The second-order valence-corrected chi connectivity index (χ2v) is 4.29. The number of aromatic carboxylic acids is 1. The minimum absolute atomic E-state index is 0.0574. The smallest absolute Gasteiger partial charge is 0.371 e. The van der Waals surface area contributed by atoms with Crippen LogP contribution in [0.4, 0.5) is 4.79 Å². The second-order valence-electron chi connectivity index (χ2n) is 4.29. The molecule has 1 aromatic heterocycles. The Labute approximate surface area is 109 Å². The molecule has 1 unspecified atom stereocenters. The SMILES string of the molecule is CCCC1NC(=O)N(Cc2ccc(C(=O)O)o2)C1=O. The number of imide groups is 1. The number of urea groups is 1. The van der Waals surface area contributed by atoms with E-state index in [-0.39, 0.29) is 24.0 Å². The summed E-state index contributed by atoms with van der Waals surface area (Å²) in [6.07, 6.45) is 1.37. The Morgan fingerprint density at radius 2 is 2.21 bits per heavy atom. The Kier molecular flexibility index (Phi) is 3.55. The molecule has 0 aromatic carbocycles. The van der Waals surface area contributed by atoms with E-state index < -0.39 is 18.0 Å². The lowest BCUT2D eigenvalue weighted by atomic mass is 10.2. The predicted molar refractivity (Wildman–Crippen MR) is 63.4 cm³/mol. The molecule has 2 heterocycles. The summed E-state index contributed by atoms with van der Waals surface area (Å²) < 4.78 is 5.03. The van der Waals surface area contributed by atoms with Gasteiger partial charge in [-0.05, 0) is 18.6 Å². The molecule has 102 valence electrons. The highest BCUT2D eigenvalue weighted by molar-refractivity contribution is 6.04. The standard InChI is InChI=1S/C12H14N2O5/c1-2-3-8-10(15)14(12(18)13-8)6-7-4-5-9(19-7)11(16)17/h4-5,8H,2-3,6H2,1H3,(H,13,18)(H,16,17). The molecule has 0 bridgehead atoms. The zero-order valence-corrected chi connectivity index (χ0v) is 10.4. The highest BCUT2D eigenvalue weighted by atomic mass is 16.4. The lowest BCUT2D eigenvalue weighted by Crippen LogP contribution is -2.30. The zero-order chi connectivity index (χ0) is 14.0. The van der Waals surface area contributed by atoms with Crippen molar-refractivity contribution < 1.29 is 23.9 Å². The first-order valence-corrected chi connectivity index (χ1v) is 5.96. The minimum Gasteiger partial charge on any atom is -0.475 e. The molecule has 0 radical (unpaired) electrons. The summed E-state index contributed by atoms with van der Waals surface area (Å²) in [4.78, 5) is 35.3. The van der Waals surface area contributed by atoms with Crippen molar-refractivity contribution in [1.82, 2.24) is 10.2 Å². The Balaban J connectivity index is 2.07. The van der Waals surface area contributed by atoms with Gasteiger partial charge in [0.2, 0.25) is 5.76 Å². The summed E-state index contributed by atoms with van der Waals surface area (Å²) in [6.45, 7) is 1.87. The van der Waals surface area contributed by atoms with E-state index in [1.807, 2.05) is 6.92 Å². The van der Waals surface area contributed by atoms with Crippen molar-refractivity contribution in [3.05, 3.63) is 23.7 Å². The van der Waals surface area contributed by atoms with E-state index in [4.69, 9.17) is 9.52 Å². The number of nitrogens with zero attached hydrogens (tertiary/aromatic N) is 1. The molecule has 1 aliphatic heterocycles. The average molecular weight is 266 g/mol. The van der Waals surface area contributed by atoms with Crippen molar-refractivity contribution in [3.8, 4) is 0 Å². The van der Waals surface area contributed by atoms with Gasteiger partial charge in [0.15, 0.2) is 0 Å². The summed E-state index contributed by atoms with van der Waals surface area (Å²) in [5.74, 6) is -1.45. The molecule has 2 N–H and O–H groups in total. The molecule has 19 heavy (non-hydrogen) atoms. The number of furan rings is 1. The highest BCUT2D eigenvalue weighted by Crippen LogP contribution is 2.16. The molecule has 0 spiro atoms. The highest BCUT2D eigenvalue weighted by Gasteiger charge is 2.37. The van der Waals surface area contributed by atoms with Crippen molar-refractivity contribution in [2.24, 2.45) is 0 Å². The third kappa shape index (κ3) is 2.59. The van der Waals surface area contributed by atoms with Gasteiger partial charge in [-0.1, -0.05) is 13.3 Å². The van der Waals surface area contributed by atoms with Crippen molar-refractivity contribution in [2.75, 3.05) is 0 Å². The number of carbonyl (C=O) groups excluding carboxylic acids is 2. The predicted octanol–water partition coefficient (Wildman–Crippen LogP) is 1.20. The first-order chi connectivity index (χ1) is 9.02. The van der Waals surface area contributed by atoms with Crippen LogP contribution in [0.1, 0.15) is 36.1 Å². The molecular weight excluding hydrogens is 252 g/mol. The van der Waals surface area contributed by atoms with Gasteiger partial charge >= 0.3 is 12.0 Å². The number of nitrogens with one attached hydrogen (secondary N) is 1. The molecule has 1 aromatic rings. The molecule has 1 atom stereocenters. The van der Waals surface area contributed by atoms with E-state index in [1.165, 1.54) is 12.1 Å². The maximum Gasteiger partial charge on any atom is 0.371 e. The number of hydrogen-bond donors (Lipinski definition) is 2. The Morgan fingerprint density at radius 1 is 1.47 bits per heavy atom. The first kappa shape index (κ1) is 13.1. The van der Waals surface area contributed by atoms with Gasteiger partial charge in [0.1, 0.15) is 11.8 Å². The van der Waals surface area contributed by atoms with Crippen LogP contribution in [0.15, 0.2) is 16.5 Å². The molecule has 7 nitrogen and oxygen atoms in total. The van der Waals surface area contributed by atoms with Crippen LogP contribution in [-0.2, 0) is 11.3 Å². The topological polar surface area (TPSA) is 99.8 Å². The van der Waals surface area contributed by atoms with Crippen LogP contribution in [0, 0.1) is 0 Å². The van der Waals surface area contributed by atoms with Crippen LogP contribution in [-0.4, -0.2) is 34.0 Å². The van der Waals surface area contributed by atoms with Crippen molar-refractivity contribution in [3.63, 3.8) is 0 Å². The van der Waals surface area contributed by atoms with Crippen LogP contribution in [0.2, 0.25) is 0 Å². The van der Waals surface area contributed by atoms with E-state index in [0.717, 1.165) is 11.3 Å². The monoisotopic (exact) mass is 266 g/mol. The summed E-state index contributed by atoms with van der Waals surface area (Å²) in [7, 11) is 0. The Bertz CT molecular complexity index is 522. The molecule has 0 saturated carbocycles. The van der Waals surface area contributed by atoms with Gasteiger partial charge in [0, 0.05) is 0 Å². The van der Waals surface area contributed by atoms with E-state index in [1.54, 1.807) is 0 Å². The molecule has 3 amide bonds. The van der Waals surface area contributed by atoms with Gasteiger partial charge in [0.25, 0.3) is 5.91 Å². The largest absolute Gasteiger partial charge is 0.475 e. The van der Waals surface area contributed by atoms with Crippen molar-refractivity contribution in [2.45, 2.75) is 32.4 Å². The number of rotatable bonds is 5. The maximum atomic E-state index is 11.9. The number of carboxylic acid groups (broad SMARTS) is 1.